The summed E-state index contributed by atoms with van der Waals surface area (Å²) < 4.78 is 17.4. The van der Waals surface area contributed by atoms with Crippen LogP contribution in [0, 0.1) is 0 Å². The molecule has 1 aromatic rings. The quantitative estimate of drug-likeness (QED) is 0.354. The molecule has 0 amide bonds. The number of rotatable bonds is 8. The molecule has 1 spiro atoms. The molecule has 1 saturated heterocycles. The molecule has 5 rings (SSSR count). The Hall–Kier alpha value is -2.62. The van der Waals surface area contributed by atoms with Crippen molar-refractivity contribution in [1.29, 1.82) is 0 Å². The smallest absolute Gasteiger partial charge is 0.339 e. The molecule has 9 nitrogen and oxygen atoms in total. The van der Waals surface area contributed by atoms with E-state index in [0.717, 1.165) is 49.1 Å². The fraction of sp³-hybridized carbons (Fsp3) is 0.643. The van der Waals surface area contributed by atoms with Gasteiger partial charge in [0, 0.05) is 12.5 Å². The van der Waals surface area contributed by atoms with Crippen LogP contribution in [0.4, 0.5) is 0 Å². The molecule has 0 aromatic heterocycles. The summed E-state index contributed by atoms with van der Waals surface area (Å²) in [5, 5.41) is 30.8. The molecule has 0 saturated carbocycles. The van der Waals surface area contributed by atoms with Gasteiger partial charge in [-0.15, -0.1) is 0 Å². The normalized spacial score (nSPS) is 28.0. The number of benzene rings is 1. The van der Waals surface area contributed by atoms with Crippen LogP contribution in [0.15, 0.2) is 23.8 Å². The number of carbonyl (C=O) groups is 2. The van der Waals surface area contributed by atoms with Crippen LogP contribution in [0.5, 0.6) is 11.5 Å². The van der Waals surface area contributed by atoms with E-state index in [1.54, 1.807) is 13.8 Å². The molecule has 1 aliphatic carbocycles. The molecule has 9 heteroatoms. The summed E-state index contributed by atoms with van der Waals surface area (Å²) in [5.41, 5.74) is -0.441. The second-order valence-corrected chi connectivity index (χ2v) is 11.7. The van der Waals surface area contributed by atoms with Gasteiger partial charge in [-0.05, 0) is 94.7 Å². The molecule has 37 heavy (non-hydrogen) atoms. The van der Waals surface area contributed by atoms with Gasteiger partial charge in [0.15, 0.2) is 17.1 Å². The Labute approximate surface area is 217 Å². The first kappa shape index (κ1) is 26.0. The molecule has 1 fully saturated rings. The van der Waals surface area contributed by atoms with Gasteiger partial charge in [-0.2, -0.15) is 0 Å². The summed E-state index contributed by atoms with van der Waals surface area (Å²) in [7, 11) is 0. The van der Waals surface area contributed by atoms with E-state index >= 15 is 0 Å². The molecule has 0 radical (unpaired) electrons. The highest BCUT2D eigenvalue weighted by Crippen LogP contribution is 2.55. The molecule has 4 aliphatic rings. The van der Waals surface area contributed by atoms with Crippen LogP contribution < -0.4 is 9.47 Å². The summed E-state index contributed by atoms with van der Waals surface area (Å²) >= 11 is 0. The minimum absolute atomic E-state index is 0.116. The van der Waals surface area contributed by atoms with E-state index in [4.69, 9.17) is 14.2 Å². The van der Waals surface area contributed by atoms with Gasteiger partial charge in [-0.3, -0.25) is 9.69 Å². The van der Waals surface area contributed by atoms with Gasteiger partial charge in [0.2, 0.25) is 6.79 Å². The van der Waals surface area contributed by atoms with Gasteiger partial charge in [0.25, 0.3) is 0 Å². The van der Waals surface area contributed by atoms with E-state index in [1.807, 2.05) is 19.1 Å². The van der Waals surface area contributed by atoms with E-state index in [-0.39, 0.29) is 31.1 Å². The number of ether oxygens (including phenoxy) is 3. The monoisotopic (exact) mass is 515 g/mol. The van der Waals surface area contributed by atoms with Crippen molar-refractivity contribution in [3.63, 3.8) is 0 Å². The molecule has 3 N–H and O–H groups in total. The first-order chi connectivity index (χ1) is 17.4. The fourth-order valence-electron chi connectivity index (χ4n) is 6.75. The second kappa shape index (κ2) is 9.29. The van der Waals surface area contributed by atoms with Gasteiger partial charge in [-0.1, -0.05) is 6.08 Å². The molecule has 1 unspecified atom stereocenters. The fourth-order valence-corrected chi connectivity index (χ4v) is 6.75. The lowest BCUT2D eigenvalue weighted by Gasteiger charge is -2.40. The van der Waals surface area contributed by atoms with Gasteiger partial charge in [-0.25, -0.2) is 4.79 Å². The summed E-state index contributed by atoms with van der Waals surface area (Å²) in [4.78, 5) is 27.6. The molecule has 202 valence electrons. The van der Waals surface area contributed by atoms with Crippen LogP contribution in [0.3, 0.4) is 0 Å². The predicted octanol–water partition coefficient (Wildman–Crippen LogP) is 2.91. The number of carboxylic acids is 1. The number of fused-ring (bicyclic) bond motifs is 3. The Morgan fingerprint density at radius 1 is 1.16 bits per heavy atom. The third-order valence-corrected chi connectivity index (χ3v) is 8.42. The number of hydrogen-bond donors (Lipinski definition) is 3. The van der Waals surface area contributed by atoms with E-state index in [0.29, 0.717) is 17.9 Å². The molecular formula is C28H37NO8. The third kappa shape index (κ3) is 4.73. The predicted molar refractivity (Wildman–Crippen MR) is 134 cm³/mol. The Kier molecular flexibility index (Phi) is 6.53. The number of nitrogens with zero attached hydrogens (tertiary/aromatic N) is 1. The van der Waals surface area contributed by atoms with Crippen molar-refractivity contribution in [3.8, 4) is 11.5 Å². The van der Waals surface area contributed by atoms with Crippen LogP contribution >= 0.6 is 0 Å². The van der Waals surface area contributed by atoms with Crippen molar-refractivity contribution in [2.45, 2.75) is 94.5 Å². The average molecular weight is 516 g/mol. The first-order valence-corrected chi connectivity index (χ1v) is 13.2. The summed E-state index contributed by atoms with van der Waals surface area (Å²) in [5.74, 6) is -1.04. The van der Waals surface area contributed by atoms with Crippen molar-refractivity contribution in [2.75, 3.05) is 19.9 Å². The lowest BCUT2D eigenvalue weighted by molar-refractivity contribution is -0.176. The van der Waals surface area contributed by atoms with Crippen molar-refractivity contribution >= 4 is 11.9 Å². The van der Waals surface area contributed by atoms with E-state index in [9.17, 15) is 24.9 Å². The largest absolute Gasteiger partial charge is 0.481 e. The zero-order chi connectivity index (χ0) is 26.6. The molecule has 3 aliphatic heterocycles. The van der Waals surface area contributed by atoms with E-state index < -0.39 is 35.7 Å². The van der Waals surface area contributed by atoms with Crippen LogP contribution in [-0.2, 0) is 20.7 Å². The lowest BCUT2D eigenvalue weighted by Crippen LogP contribution is -2.49. The SMILES string of the molecule is CC1=C[C@]23CCCN2CCc2cc4c(cc2[C@@H]3C1OC(=O)[C@@](O)(CCCC(C)(C)O)CC(=O)O)OCO4. The Balaban J connectivity index is 1.48. The minimum atomic E-state index is -2.19. The molecule has 3 heterocycles. The number of aliphatic carboxylic acids is 1. The van der Waals surface area contributed by atoms with Gasteiger partial charge < -0.3 is 29.5 Å². The standard InChI is InChI=1S/C28H37NO8/c1-17-14-27-8-5-10-29(27)11-6-18-12-20-21(36-16-35-20)13-19(18)23(27)24(17)37-25(32)28(34,15-22(30)31)9-4-7-26(2,3)33/h12-14,23-24,33-34H,4-11,15-16H2,1-3H3,(H,30,31)/t23-,24?,27+,28-/m1/s1. The van der Waals surface area contributed by atoms with Crippen molar-refractivity contribution in [1.82, 2.24) is 4.90 Å². The number of esters is 1. The Bertz CT molecular complexity index is 1120. The van der Waals surface area contributed by atoms with Crippen LogP contribution in [-0.4, -0.2) is 74.9 Å². The van der Waals surface area contributed by atoms with Crippen molar-refractivity contribution < 1.29 is 39.1 Å². The molecule has 4 atom stereocenters. The summed E-state index contributed by atoms with van der Waals surface area (Å²) in [6.45, 7) is 7.19. The maximum absolute atomic E-state index is 13.5. The lowest BCUT2D eigenvalue weighted by atomic mass is 9.77. The van der Waals surface area contributed by atoms with Gasteiger partial charge in [0.1, 0.15) is 6.10 Å². The summed E-state index contributed by atoms with van der Waals surface area (Å²) in [6, 6.07) is 4.03. The van der Waals surface area contributed by atoms with Crippen LogP contribution in [0.2, 0.25) is 0 Å². The van der Waals surface area contributed by atoms with Gasteiger partial charge in [0.05, 0.1) is 17.6 Å². The Morgan fingerprint density at radius 2 is 1.89 bits per heavy atom. The van der Waals surface area contributed by atoms with Crippen molar-refractivity contribution in [3.05, 3.63) is 34.9 Å². The van der Waals surface area contributed by atoms with E-state index in [2.05, 4.69) is 11.0 Å². The van der Waals surface area contributed by atoms with Crippen molar-refractivity contribution in [2.24, 2.45) is 0 Å². The maximum Gasteiger partial charge on any atom is 0.339 e. The van der Waals surface area contributed by atoms with Crippen LogP contribution in [0.25, 0.3) is 0 Å². The van der Waals surface area contributed by atoms with Gasteiger partial charge >= 0.3 is 11.9 Å². The summed E-state index contributed by atoms with van der Waals surface area (Å²) in [6.07, 6.45) is 4.05. The van der Waals surface area contributed by atoms with Crippen LogP contribution in [0.1, 0.15) is 76.3 Å². The molecule has 1 aromatic carbocycles. The average Bonchev–Trinajstić information content (AvgIpc) is 3.46. The minimum Gasteiger partial charge on any atom is -0.481 e. The maximum atomic E-state index is 13.5. The Morgan fingerprint density at radius 3 is 2.59 bits per heavy atom. The molecular weight excluding hydrogens is 478 g/mol. The zero-order valence-corrected chi connectivity index (χ0v) is 21.8. The number of carboxylic acid groups (broad SMARTS) is 1. The first-order valence-electron chi connectivity index (χ1n) is 13.2. The number of hydrogen-bond acceptors (Lipinski definition) is 8. The number of carbonyl (C=O) groups excluding carboxylic acids is 1. The highest BCUT2D eigenvalue weighted by molar-refractivity contribution is 5.85. The number of aliphatic hydroxyl groups is 2. The third-order valence-electron chi connectivity index (χ3n) is 8.42. The topological polar surface area (TPSA) is 126 Å². The highest BCUT2D eigenvalue weighted by Gasteiger charge is 2.57. The highest BCUT2D eigenvalue weighted by atomic mass is 16.7. The second-order valence-electron chi connectivity index (χ2n) is 11.7. The van der Waals surface area contributed by atoms with E-state index in [1.165, 1.54) is 0 Å². The zero-order valence-electron chi connectivity index (χ0n) is 21.8. The molecule has 0 bridgehead atoms.